The van der Waals surface area contributed by atoms with Crippen molar-refractivity contribution in [2.75, 3.05) is 59.9 Å². The summed E-state index contributed by atoms with van der Waals surface area (Å²) in [7, 11) is 4.52. The van der Waals surface area contributed by atoms with E-state index in [1.54, 1.807) is 0 Å². The van der Waals surface area contributed by atoms with E-state index in [9.17, 15) is 0 Å². The lowest BCUT2D eigenvalue weighted by atomic mass is 10.2. The first-order valence-corrected chi connectivity index (χ1v) is 9.23. The van der Waals surface area contributed by atoms with Crippen molar-refractivity contribution >= 4 is 0 Å². The SMILES string of the molecule is CC1CNCCN(C)CCCNC2CC2N(C)CCCCN1. The van der Waals surface area contributed by atoms with Crippen LogP contribution in [0.25, 0.3) is 0 Å². The highest BCUT2D eigenvalue weighted by atomic mass is 15.2. The number of hydrogen-bond acceptors (Lipinski definition) is 5. The molecule has 0 spiro atoms. The molecule has 1 saturated carbocycles. The van der Waals surface area contributed by atoms with E-state index in [1.807, 2.05) is 0 Å². The van der Waals surface area contributed by atoms with E-state index in [-0.39, 0.29) is 0 Å². The lowest BCUT2D eigenvalue weighted by molar-refractivity contribution is 0.296. The molecule has 3 unspecified atom stereocenters. The van der Waals surface area contributed by atoms with Gasteiger partial charge in [0.15, 0.2) is 0 Å². The summed E-state index contributed by atoms with van der Waals surface area (Å²) in [6.45, 7) is 10.3. The predicted molar refractivity (Wildman–Crippen MR) is 94.5 cm³/mol. The maximum atomic E-state index is 3.72. The number of rotatable bonds is 0. The zero-order valence-electron chi connectivity index (χ0n) is 14.9. The Kier molecular flexibility index (Phi) is 8.11. The van der Waals surface area contributed by atoms with Gasteiger partial charge in [-0.05, 0) is 72.9 Å². The van der Waals surface area contributed by atoms with E-state index in [1.165, 1.54) is 38.8 Å². The molecule has 1 aliphatic carbocycles. The van der Waals surface area contributed by atoms with Crippen LogP contribution in [0, 0.1) is 0 Å². The van der Waals surface area contributed by atoms with Crippen LogP contribution in [0.4, 0.5) is 0 Å². The Balaban J connectivity index is 1.70. The maximum absolute atomic E-state index is 3.72. The van der Waals surface area contributed by atoms with Crippen molar-refractivity contribution in [2.45, 2.75) is 50.7 Å². The van der Waals surface area contributed by atoms with Gasteiger partial charge in [0.25, 0.3) is 0 Å². The van der Waals surface area contributed by atoms with Gasteiger partial charge < -0.3 is 25.8 Å². The van der Waals surface area contributed by atoms with Gasteiger partial charge in [0.1, 0.15) is 0 Å². The van der Waals surface area contributed by atoms with Crippen LogP contribution < -0.4 is 16.0 Å². The molecule has 0 radical (unpaired) electrons. The Hall–Kier alpha value is -0.200. The number of fused-ring (bicyclic) bond motifs is 1. The third-order valence-corrected chi connectivity index (χ3v) is 5.00. The molecular weight excluding hydrogens is 274 g/mol. The highest BCUT2D eigenvalue weighted by Crippen LogP contribution is 2.26. The summed E-state index contributed by atoms with van der Waals surface area (Å²) in [5.74, 6) is 0. The van der Waals surface area contributed by atoms with Gasteiger partial charge in [-0.15, -0.1) is 0 Å². The molecule has 0 amide bonds. The minimum Gasteiger partial charge on any atom is -0.314 e. The Morgan fingerprint density at radius 2 is 1.68 bits per heavy atom. The summed E-state index contributed by atoms with van der Waals surface area (Å²) in [4.78, 5) is 4.99. The molecule has 22 heavy (non-hydrogen) atoms. The predicted octanol–water partition coefficient (Wildman–Crippen LogP) is 0.332. The van der Waals surface area contributed by atoms with Gasteiger partial charge in [-0.25, -0.2) is 0 Å². The molecule has 0 aromatic heterocycles. The van der Waals surface area contributed by atoms with Crippen molar-refractivity contribution in [3.63, 3.8) is 0 Å². The van der Waals surface area contributed by atoms with Gasteiger partial charge in [-0.2, -0.15) is 0 Å². The third-order valence-electron chi connectivity index (χ3n) is 5.00. The van der Waals surface area contributed by atoms with E-state index in [0.717, 1.165) is 44.8 Å². The average Bonchev–Trinajstić information content (AvgIpc) is 3.26. The fraction of sp³-hybridized carbons (Fsp3) is 1.00. The molecule has 1 heterocycles. The first kappa shape index (κ1) is 18.1. The Labute approximate surface area is 137 Å². The molecule has 2 aliphatic rings. The molecule has 2 fully saturated rings. The monoisotopic (exact) mass is 311 g/mol. The Morgan fingerprint density at radius 3 is 2.55 bits per heavy atom. The van der Waals surface area contributed by atoms with Crippen LogP contribution in [0.5, 0.6) is 0 Å². The molecule has 1 saturated heterocycles. The number of nitrogens with zero attached hydrogens (tertiary/aromatic N) is 2. The van der Waals surface area contributed by atoms with Crippen molar-refractivity contribution in [2.24, 2.45) is 0 Å². The van der Waals surface area contributed by atoms with Crippen LogP contribution in [0.15, 0.2) is 0 Å². The second-order valence-electron chi connectivity index (χ2n) is 7.27. The Morgan fingerprint density at radius 1 is 0.864 bits per heavy atom. The highest BCUT2D eigenvalue weighted by Gasteiger charge is 2.39. The van der Waals surface area contributed by atoms with E-state index in [0.29, 0.717) is 6.04 Å². The molecule has 3 N–H and O–H groups in total. The highest BCUT2D eigenvalue weighted by molar-refractivity contribution is 5.00. The molecule has 3 atom stereocenters. The van der Waals surface area contributed by atoms with Gasteiger partial charge in [0.2, 0.25) is 0 Å². The van der Waals surface area contributed by atoms with Crippen LogP contribution >= 0.6 is 0 Å². The topological polar surface area (TPSA) is 42.6 Å². The lowest BCUT2D eigenvalue weighted by Gasteiger charge is -2.20. The first-order valence-electron chi connectivity index (χ1n) is 9.23. The summed E-state index contributed by atoms with van der Waals surface area (Å²) in [6.07, 6.45) is 5.17. The van der Waals surface area contributed by atoms with Gasteiger partial charge in [-0.1, -0.05) is 0 Å². The van der Waals surface area contributed by atoms with Crippen molar-refractivity contribution in [1.82, 2.24) is 25.8 Å². The molecule has 130 valence electrons. The molecule has 2 rings (SSSR count). The van der Waals surface area contributed by atoms with Crippen LogP contribution in [0.3, 0.4) is 0 Å². The largest absolute Gasteiger partial charge is 0.314 e. The van der Waals surface area contributed by atoms with Crippen molar-refractivity contribution in [3.05, 3.63) is 0 Å². The van der Waals surface area contributed by atoms with E-state index < -0.39 is 0 Å². The van der Waals surface area contributed by atoms with E-state index in [2.05, 4.69) is 46.8 Å². The quantitative estimate of drug-likeness (QED) is 0.602. The molecule has 1 aliphatic heterocycles. The summed E-state index contributed by atoms with van der Waals surface area (Å²) in [5, 5.41) is 10.9. The van der Waals surface area contributed by atoms with Gasteiger partial charge >= 0.3 is 0 Å². The average molecular weight is 312 g/mol. The molecular formula is C17H37N5. The first-order chi connectivity index (χ1) is 10.7. The normalized spacial score (nSPS) is 35.3. The second kappa shape index (κ2) is 9.83. The fourth-order valence-corrected chi connectivity index (χ4v) is 3.30. The number of likely N-dealkylation sites (N-methyl/N-ethyl adjacent to an activating group) is 2. The van der Waals surface area contributed by atoms with Gasteiger partial charge in [0, 0.05) is 37.8 Å². The van der Waals surface area contributed by atoms with Gasteiger partial charge in [0.05, 0.1) is 0 Å². The molecule has 0 aromatic carbocycles. The minimum absolute atomic E-state index is 0.568. The molecule has 0 bridgehead atoms. The summed E-state index contributed by atoms with van der Waals surface area (Å²) in [5.41, 5.74) is 0. The summed E-state index contributed by atoms with van der Waals surface area (Å²) >= 11 is 0. The van der Waals surface area contributed by atoms with Crippen molar-refractivity contribution in [3.8, 4) is 0 Å². The van der Waals surface area contributed by atoms with Crippen LogP contribution in [0.1, 0.15) is 32.6 Å². The standard InChI is InChI=1S/C17H37N5/c1-15-14-18-9-12-21(2)10-6-8-20-16-13-17(16)22(3)11-5-4-7-19-15/h15-20H,4-14H2,1-3H3. The van der Waals surface area contributed by atoms with Crippen LogP contribution in [-0.4, -0.2) is 87.8 Å². The fourth-order valence-electron chi connectivity index (χ4n) is 3.30. The van der Waals surface area contributed by atoms with Crippen molar-refractivity contribution < 1.29 is 0 Å². The van der Waals surface area contributed by atoms with Crippen molar-refractivity contribution in [1.29, 1.82) is 0 Å². The number of nitrogens with one attached hydrogen (secondary N) is 3. The minimum atomic E-state index is 0.568. The smallest absolute Gasteiger partial charge is 0.0262 e. The molecule has 5 heteroatoms. The second-order valence-corrected chi connectivity index (χ2v) is 7.27. The van der Waals surface area contributed by atoms with Crippen LogP contribution in [-0.2, 0) is 0 Å². The summed E-state index contributed by atoms with van der Waals surface area (Å²) < 4.78 is 0. The van der Waals surface area contributed by atoms with Crippen LogP contribution in [0.2, 0.25) is 0 Å². The third kappa shape index (κ3) is 6.92. The van der Waals surface area contributed by atoms with E-state index in [4.69, 9.17) is 0 Å². The van der Waals surface area contributed by atoms with Gasteiger partial charge in [-0.3, -0.25) is 0 Å². The number of hydrogen-bond donors (Lipinski definition) is 3. The summed E-state index contributed by atoms with van der Waals surface area (Å²) in [6, 6.07) is 2.10. The molecule has 0 aromatic rings. The maximum Gasteiger partial charge on any atom is 0.0262 e. The Bertz CT molecular complexity index is 299. The zero-order valence-corrected chi connectivity index (χ0v) is 14.9. The zero-order chi connectivity index (χ0) is 15.8. The van der Waals surface area contributed by atoms with E-state index >= 15 is 0 Å². The lowest BCUT2D eigenvalue weighted by Crippen LogP contribution is -2.40. The molecule has 5 nitrogen and oxygen atoms in total.